The Hall–Kier alpha value is -1.07. The molecule has 7 heteroatoms. The van der Waals surface area contributed by atoms with Crippen LogP contribution in [0.1, 0.15) is 10.4 Å². The largest absolute Gasteiger partial charge is 0.478 e. The molecular weight excluding hydrogens is 253 g/mol. The molecule has 0 spiro atoms. The van der Waals surface area contributed by atoms with E-state index < -0.39 is 28.9 Å². The molecule has 1 rings (SSSR count). The van der Waals surface area contributed by atoms with E-state index >= 15 is 0 Å². The van der Waals surface area contributed by atoms with E-state index in [-0.39, 0.29) is 5.02 Å². The Bertz CT molecular complexity index is 396. The molecule has 0 heterocycles. The summed E-state index contributed by atoms with van der Waals surface area (Å²) in [5.41, 5.74) is -0.462. The van der Waals surface area contributed by atoms with E-state index in [4.69, 9.17) is 28.3 Å². The van der Waals surface area contributed by atoms with Crippen molar-refractivity contribution in [3.8, 4) is 5.75 Å². The molecule has 1 aromatic rings. The van der Waals surface area contributed by atoms with Crippen molar-refractivity contribution in [2.24, 2.45) is 0 Å². The minimum Gasteiger partial charge on any atom is -0.478 e. The van der Waals surface area contributed by atoms with Crippen LogP contribution in [0.2, 0.25) is 10.0 Å². The van der Waals surface area contributed by atoms with Crippen molar-refractivity contribution in [2.75, 3.05) is 0 Å². The fourth-order valence-corrected chi connectivity index (χ4v) is 1.49. The second-order valence-electron chi connectivity index (χ2n) is 2.42. The van der Waals surface area contributed by atoms with Crippen LogP contribution in [0.4, 0.5) is 8.78 Å². The summed E-state index contributed by atoms with van der Waals surface area (Å²) in [6.07, 6.45) is 0. The number of carboxylic acids is 1. The molecule has 0 aliphatic carbocycles. The van der Waals surface area contributed by atoms with Crippen LogP contribution in [0, 0.1) is 0 Å². The number of halogens is 4. The molecule has 0 atom stereocenters. The number of rotatable bonds is 3. The molecule has 82 valence electrons. The van der Waals surface area contributed by atoms with E-state index in [0.29, 0.717) is 0 Å². The number of carbonyl (C=O) groups is 1. The maximum Gasteiger partial charge on any atom is 0.387 e. The van der Waals surface area contributed by atoms with Gasteiger partial charge in [0, 0.05) is 0 Å². The Morgan fingerprint density at radius 3 is 2.47 bits per heavy atom. The first-order valence-corrected chi connectivity index (χ1v) is 4.35. The van der Waals surface area contributed by atoms with Gasteiger partial charge >= 0.3 is 12.6 Å². The molecule has 0 aliphatic heterocycles. The van der Waals surface area contributed by atoms with E-state index in [1.54, 1.807) is 0 Å². The Labute approximate surface area is 93.2 Å². The third-order valence-corrected chi connectivity index (χ3v) is 2.18. The molecule has 0 saturated carbocycles. The predicted octanol–water partition coefficient (Wildman–Crippen LogP) is 3.29. The number of ether oxygens (including phenoxy) is 1. The van der Waals surface area contributed by atoms with Gasteiger partial charge in [-0.1, -0.05) is 23.2 Å². The molecule has 0 bridgehead atoms. The van der Waals surface area contributed by atoms with Gasteiger partial charge in [0.2, 0.25) is 0 Å². The van der Waals surface area contributed by atoms with Gasteiger partial charge in [0.25, 0.3) is 0 Å². The van der Waals surface area contributed by atoms with Gasteiger partial charge in [-0.05, 0) is 12.1 Å². The van der Waals surface area contributed by atoms with Gasteiger partial charge in [0.05, 0.1) is 10.0 Å². The second kappa shape index (κ2) is 4.63. The topological polar surface area (TPSA) is 46.5 Å². The molecule has 0 aliphatic rings. The van der Waals surface area contributed by atoms with E-state index in [1.165, 1.54) is 0 Å². The zero-order valence-electron chi connectivity index (χ0n) is 7.01. The van der Waals surface area contributed by atoms with E-state index in [1.807, 2.05) is 0 Å². The minimum atomic E-state index is -3.08. The molecule has 0 amide bonds. The number of carboxylic acid groups (broad SMARTS) is 1. The van der Waals surface area contributed by atoms with Gasteiger partial charge in [0.15, 0.2) is 0 Å². The van der Waals surface area contributed by atoms with Crippen molar-refractivity contribution < 1.29 is 23.4 Å². The van der Waals surface area contributed by atoms with Crippen LogP contribution < -0.4 is 4.74 Å². The molecule has 3 nitrogen and oxygen atoms in total. The van der Waals surface area contributed by atoms with Crippen LogP contribution in [0.5, 0.6) is 5.75 Å². The van der Waals surface area contributed by atoms with Crippen LogP contribution >= 0.6 is 23.2 Å². The van der Waals surface area contributed by atoms with Crippen molar-refractivity contribution >= 4 is 29.2 Å². The van der Waals surface area contributed by atoms with Crippen molar-refractivity contribution in [3.63, 3.8) is 0 Å². The number of hydrogen-bond acceptors (Lipinski definition) is 2. The average Bonchev–Trinajstić information content (AvgIpc) is 2.09. The van der Waals surface area contributed by atoms with E-state index in [2.05, 4.69) is 4.74 Å². The van der Waals surface area contributed by atoms with Gasteiger partial charge in [0.1, 0.15) is 11.3 Å². The highest BCUT2D eigenvalue weighted by Crippen LogP contribution is 2.34. The Morgan fingerprint density at radius 1 is 1.40 bits per heavy atom. The summed E-state index contributed by atoms with van der Waals surface area (Å²) in [5.74, 6) is -1.84. The maximum atomic E-state index is 11.9. The van der Waals surface area contributed by atoms with Crippen LogP contribution in [-0.4, -0.2) is 17.7 Å². The first kappa shape index (κ1) is 12.0. The van der Waals surface area contributed by atoms with E-state index in [9.17, 15) is 13.6 Å². The highest BCUT2D eigenvalue weighted by atomic mass is 35.5. The van der Waals surface area contributed by atoms with Crippen LogP contribution in [0.15, 0.2) is 12.1 Å². The number of hydrogen-bond donors (Lipinski definition) is 1. The lowest BCUT2D eigenvalue weighted by Crippen LogP contribution is -2.05. The summed E-state index contributed by atoms with van der Waals surface area (Å²) in [6.45, 7) is -3.08. The third-order valence-electron chi connectivity index (χ3n) is 1.49. The first-order chi connectivity index (χ1) is 6.93. The van der Waals surface area contributed by atoms with Crippen LogP contribution in [0.3, 0.4) is 0 Å². The Kier molecular flexibility index (Phi) is 3.71. The molecule has 0 aromatic heterocycles. The van der Waals surface area contributed by atoms with Gasteiger partial charge in [-0.2, -0.15) is 8.78 Å². The van der Waals surface area contributed by atoms with Crippen molar-refractivity contribution in [1.82, 2.24) is 0 Å². The quantitative estimate of drug-likeness (QED) is 0.903. The van der Waals surface area contributed by atoms with Crippen LogP contribution in [0.25, 0.3) is 0 Å². The Morgan fingerprint density at radius 2 is 2.00 bits per heavy atom. The van der Waals surface area contributed by atoms with Crippen LogP contribution in [-0.2, 0) is 0 Å². The highest BCUT2D eigenvalue weighted by molar-refractivity contribution is 6.40. The summed E-state index contributed by atoms with van der Waals surface area (Å²) in [4.78, 5) is 10.7. The molecule has 15 heavy (non-hydrogen) atoms. The smallest absolute Gasteiger partial charge is 0.387 e. The first-order valence-electron chi connectivity index (χ1n) is 3.59. The zero-order valence-corrected chi connectivity index (χ0v) is 8.52. The molecule has 0 saturated heterocycles. The van der Waals surface area contributed by atoms with Gasteiger partial charge in [-0.15, -0.1) is 0 Å². The molecular formula is C8H4Cl2F2O3. The lowest BCUT2D eigenvalue weighted by molar-refractivity contribution is -0.0498. The monoisotopic (exact) mass is 256 g/mol. The molecule has 0 radical (unpaired) electrons. The summed E-state index contributed by atoms with van der Waals surface area (Å²) in [7, 11) is 0. The summed E-state index contributed by atoms with van der Waals surface area (Å²) in [5, 5.41) is 8.10. The lowest BCUT2D eigenvalue weighted by atomic mass is 10.2. The van der Waals surface area contributed by atoms with Crippen molar-refractivity contribution in [3.05, 3.63) is 27.7 Å². The molecule has 1 aromatic carbocycles. The fraction of sp³-hybridized carbons (Fsp3) is 0.125. The standard InChI is InChI=1S/C8H4Cl2F2O3/c9-3-1-2-4(15-8(11)12)6(10)5(3)7(13)14/h1-2,8H,(H,13,14). The Balaban J connectivity index is 3.22. The van der Waals surface area contributed by atoms with E-state index in [0.717, 1.165) is 12.1 Å². The molecule has 0 fully saturated rings. The summed E-state index contributed by atoms with van der Waals surface area (Å²) < 4.78 is 27.7. The predicted molar refractivity (Wildman–Crippen MR) is 50.1 cm³/mol. The molecule has 0 unspecified atom stereocenters. The number of benzene rings is 1. The van der Waals surface area contributed by atoms with Gasteiger partial charge in [-0.3, -0.25) is 0 Å². The van der Waals surface area contributed by atoms with Gasteiger partial charge in [-0.25, -0.2) is 4.79 Å². The lowest BCUT2D eigenvalue weighted by Gasteiger charge is -2.09. The summed E-state index contributed by atoms with van der Waals surface area (Å²) >= 11 is 11.1. The average molecular weight is 257 g/mol. The molecule has 1 N–H and O–H groups in total. The zero-order chi connectivity index (χ0) is 11.6. The highest BCUT2D eigenvalue weighted by Gasteiger charge is 2.19. The maximum absolute atomic E-state index is 11.9. The van der Waals surface area contributed by atoms with Crippen molar-refractivity contribution in [2.45, 2.75) is 6.61 Å². The number of alkyl halides is 2. The second-order valence-corrected chi connectivity index (χ2v) is 3.20. The third kappa shape index (κ3) is 2.70. The fourth-order valence-electron chi connectivity index (χ4n) is 0.916. The van der Waals surface area contributed by atoms with Gasteiger partial charge < -0.3 is 9.84 Å². The minimum absolute atomic E-state index is 0.144. The summed E-state index contributed by atoms with van der Waals surface area (Å²) in [6, 6.07) is 2.19. The SMILES string of the molecule is O=C(O)c1c(Cl)ccc(OC(F)F)c1Cl. The number of aromatic carboxylic acids is 1. The normalized spacial score (nSPS) is 10.5. The van der Waals surface area contributed by atoms with Crippen molar-refractivity contribution in [1.29, 1.82) is 0 Å².